The first-order valence-corrected chi connectivity index (χ1v) is 6.78. The maximum absolute atomic E-state index is 12.6. The van der Waals surface area contributed by atoms with Gasteiger partial charge >= 0.3 is 0 Å². The minimum absolute atomic E-state index is 0.190. The van der Waals surface area contributed by atoms with Gasteiger partial charge < -0.3 is 10.6 Å². The average molecular weight is 224 g/mol. The minimum Gasteiger partial charge on any atom is -0.342 e. The highest BCUT2D eigenvalue weighted by atomic mass is 16.2. The summed E-state index contributed by atoms with van der Waals surface area (Å²) in [4.78, 5) is 14.6. The van der Waals surface area contributed by atoms with E-state index in [1.165, 1.54) is 38.5 Å². The molecular weight excluding hydrogens is 200 g/mol. The van der Waals surface area contributed by atoms with Gasteiger partial charge in [-0.2, -0.15) is 0 Å². The number of hydrogen-bond donors (Lipinski definition) is 1. The number of nitrogens with two attached hydrogens (primary N) is 1. The van der Waals surface area contributed by atoms with Crippen LogP contribution in [-0.2, 0) is 4.79 Å². The standard InChI is InChI=1S/C13H24N2O/c14-11-13(7-3-4-8-13)12(16)15-9-5-1-2-6-10-15/h1-11,14H2. The van der Waals surface area contributed by atoms with E-state index in [-0.39, 0.29) is 5.41 Å². The lowest BCUT2D eigenvalue weighted by Crippen LogP contribution is -2.47. The highest BCUT2D eigenvalue weighted by Crippen LogP contribution is 2.39. The van der Waals surface area contributed by atoms with Crippen LogP contribution >= 0.6 is 0 Å². The maximum Gasteiger partial charge on any atom is 0.230 e. The molecule has 1 saturated carbocycles. The summed E-state index contributed by atoms with van der Waals surface area (Å²) in [7, 11) is 0. The zero-order valence-corrected chi connectivity index (χ0v) is 10.2. The Kier molecular flexibility index (Phi) is 3.85. The molecule has 2 aliphatic rings. The fraction of sp³-hybridized carbons (Fsp3) is 0.923. The molecule has 0 aromatic heterocycles. The molecule has 0 spiro atoms. The Morgan fingerprint density at radius 3 is 2.06 bits per heavy atom. The first kappa shape index (κ1) is 11.9. The molecule has 2 fully saturated rings. The van der Waals surface area contributed by atoms with Gasteiger partial charge in [0.1, 0.15) is 0 Å². The third-order valence-electron chi connectivity index (χ3n) is 4.30. The fourth-order valence-corrected chi connectivity index (χ4v) is 3.17. The highest BCUT2D eigenvalue weighted by Gasteiger charge is 2.42. The van der Waals surface area contributed by atoms with Crippen molar-refractivity contribution in [1.82, 2.24) is 4.90 Å². The quantitative estimate of drug-likeness (QED) is 0.779. The summed E-state index contributed by atoms with van der Waals surface area (Å²) < 4.78 is 0. The molecule has 1 heterocycles. The predicted molar refractivity (Wildman–Crippen MR) is 65.0 cm³/mol. The third kappa shape index (κ3) is 2.24. The Labute approximate surface area is 98.4 Å². The fourth-order valence-electron chi connectivity index (χ4n) is 3.17. The lowest BCUT2D eigenvalue weighted by Gasteiger charge is -2.32. The number of likely N-dealkylation sites (tertiary alicyclic amines) is 1. The second kappa shape index (κ2) is 5.17. The Morgan fingerprint density at radius 1 is 1.00 bits per heavy atom. The summed E-state index contributed by atoms with van der Waals surface area (Å²) in [6.07, 6.45) is 9.28. The van der Waals surface area contributed by atoms with Crippen molar-refractivity contribution in [2.75, 3.05) is 19.6 Å². The van der Waals surface area contributed by atoms with Crippen LogP contribution in [0.3, 0.4) is 0 Å². The number of hydrogen-bond acceptors (Lipinski definition) is 2. The SMILES string of the molecule is NCC1(C(=O)N2CCCCCC2)CCCC1. The second-order valence-electron chi connectivity index (χ2n) is 5.40. The molecule has 0 aromatic rings. The van der Waals surface area contributed by atoms with E-state index < -0.39 is 0 Å². The van der Waals surface area contributed by atoms with Crippen molar-refractivity contribution in [2.24, 2.45) is 11.1 Å². The first-order valence-electron chi connectivity index (χ1n) is 6.78. The average Bonchev–Trinajstić information content (AvgIpc) is 2.64. The number of carbonyl (C=O) groups excluding carboxylic acids is 1. The summed E-state index contributed by atoms with van der Waals surface area (Å²) in [5, 5.41) is 0. The van der Waals surface area contributed by atoms with Crippen LogP contribution in [0.5, 0.6) is 0 Å². The van der Waals surface area contributed by atoms with Crippen LogP contribution in [0.25, 0.3) is 0 Å². The number of carbonyl (C=O) groups is 1. The molecule has 3 nitrogen and oxygen atoms in total. The Morgan fingerprint density at radius 2 is 1.56 bits per heavy atom. The molecule has 1 saturated heterocycles. The topological polar surface area (TPSA) is 46.3 Å². The maximum atomic E-state index is 12.6. The number of nitrogens with zero attached hydrogens (tertiary/aromatic N) is 1. The summed E-state index contributed by atoms with van der Waals surface area (Å²) >= 11 is 0. The van der Waals surface area contributed by atoms with Gasteiger partial charge in [-0.3, -0.25) is 4.79 Å². The van der Waals surface area contributed by atoms with Gasteiger partial charge in [-0.15, -0.1) is 0 Å². The normalized spacial score (nSPS) is 25.4. The van der Waals surface area contributed by atoms with E-state index in [2.05, 4.69) is 4.90 Å². The Hall–Kier alpha value is -0.570. The van der Waals surface area contributed by atoms with E-state index in [0.29, 0.717) is 12.5 Å². The van der Waals surface area contributed by atoms with E-state index in [4.69, 9.17) is 5.73 Å². The van der Waals surface area contributed by atoms with Crippen LogP contribution in [0.1, 0.15) is 51.4 Å². The zero-order valence-electron chi connectivity index (χ0n) is 10.2. The summed E-state index contributed by atoms with van der Waals surface area (Å²) in [6.45, 7) is 2.46. The molecule has 1 aliphatic heterocycles. The highest BCUT2D eigenvalue weighted by molar-refractivity contribution is 5.83. The molecule has 1 amide bonds. The number of amides is 1. The predicted octanol–water partition coefficient (Wildman–Crippen LogP) is 1.91. The number of rotatable bonds is 2. The van der Waals surface area contributed by atoms with Gasteiger partial charge in [-0.1, -0.05) is 25.7 Å². The van der Waals surface area contributed by atoms with Crippen molar-refractivity contribution in [3.63, 3.8) is 0 Å². The van der Waals surface area contributed by atoms with Gasteiger partial charge in [-0.05, 0) is 25.7 Å². The molecule has 2 N–H and O–H groups in total. The molecule has 0 bridgehead atoms. The van der Waals surface area contributed by atoms with Gasteiger partial charge in [0.2, 0.25) is 5.91 Å². The largest absolute Gasteiger partial charge is 0.342 e. The van der Waals surface area contributed by atoms with Crippen molar-refractivity contribution >= 4 is 5.91 Å². The third-order valence-corrected chi connectivity index (χ3v) is 4.30. The van der Waals surface area contributed by atoms with Gasteiger partial charge in [0, 0.05) is 19.6 Å². The van der Waals surface area contributed by atoms with E-state index in [0.717, 1.165) is 25.9 Å². The van der Waals surface area contributed by atoms with Crippen molar-refractivity contribution < 1.29 is 4.79 Å². The molecule has 0 aromatic carbocycles. The summed E-state index contributed by atoms with van der Waals surface area (Å²) in [6, 6.07) is 0. The van der Waals surface area contributed by atoms with Gasteiger partial charge in [0.25, 0.3) is 0 Å². The minimum atomic E-state index is -0.190. The summed E-state index contributed by atoms with van der Waals surface area (Å²) in [5.41, 5.74) is 5.68. The second-order valence-corrected chi connectivity index (χ2v) is 5.40. The van der Waals surface area contributed by atoms with Crippen LogP contribution in [0.15, 0.2) is 0 Å². The monoisotopic (exact) mass is 224 g/mol. The van der Waals surface area contributed by atoms with Gasteiger partial charge in [0.05, 0.1) is 5.41 Å². The van der Waals surface area contributed by atoms with Gasteiger partial charge in [0.15, 0.2) is 0 Å². The first-order chi connectivity index (χ1) is 7.78. The van der Waals surface area contributed by atoms with Crippen molar-refractivity contribution in [3.8, 4) is 0 Å². The molecule has 92 valence electrons. The molecular formula is C13H24N2O. The van der Waals surface area contributed by atoms with Crippen molar-refractivity contribution in [1.29, 1.82) is 0 Å². The van der Waals surface area contributed by atoms with E-state index in [1.807, 2.05) is 0 Å². The Bertz CT molecular complexity index is 238. The molecule has 1 aliphatic carbocycles. The van der Waals surface area contributed by atoms with E-state index in [1.54, 1.807) is 0 Å². The lowest BCUT2D eigenvalue weighted by atomic mass is 9.84. The van der Waals surface area contributed by atoms with Crippen LogP contribution < -0.4 is 5.73 Å². The van der Waals surface area contributed by atoms with Crippen molar-refractivity contribution in [3.05, 3.63) is 0 Å². The smallest absolute Gasteiger partial charge is 0.230 e. The van der Waals surface area contributed by atoms with Gasteiger partial charge in [-0.25, -0.2) is 0 Å². The van der Waals surface area contributed by atoms with E-state index >= 15 is 0 Å². The summed E-state index contributed by atoms with van der Waals surface area (Å²) in [5.74, 6) is 0.356. The van der Waals surface area contributed by atoms with Crippen molar-refractivity contribution in [2.45, 2.75) is 51.4 Å². The molecule has 16 heavy (non-hydrogen) atoms. The molecule has 3 heteroatoms. The van der Waals surface area contributed by atoms with E-state index in [9.17, 15) is 4.79 Å². The molecule has 0 atom stereocenters. The van der Waals surface area contributed by atoms with Crippen LogP contribution in [0.4, 0.5) is 0 Å². The lowest BCUT2D eigenvalue weighted by molar-refractivity contribution is -0.141. The van der Waals surface area contributed by atoms with Crippen LogP contribution in [0, 0.1) is 5.41 Å². The van der Waals surface area contributed by atoms with Crippen LogP contribution in [-0.4, -0.2) is 30.4 Å². The Balaban J connectivity index is 2.03. The molecule has 0 unspecified atom stereocenters. The molecule has 0 radical (unpaired) electrons. The zero-order chi connectivity index (χ0) is 11.4. The van der Waals surface area contributed by atoms with Crippen LogP contribution in [0.2, 0.25) is 0 Å². The molecule has 2 rings (SSSR count).